The van der Waals surface area contributed by atoms with Crippen molar-refractivity contribution in [1.82, 2.24) is 5.32 Å². The quantitative estimate of drug-likeness (QED) is 0.458. The number of hydrogen-bond acceptors (Lipinski definition) is 1. The van der Waals surface area contributed by atoms with Gasteiger partial charge in [-0.1, -0.05) is 39.8 Å². The topological polar surface area (TPSA) is 50.4 Å². The van der Waals surface area contributed by atoms with Crippen molar-refractivity contribution >= 4 is 29.9 Å². The Balaban J connectivity index is 0.00000361. The lowest BCUT2D eigenvalue weighted by molar-refractivity contribution is 0.534. The van der Waals surface area contributed by atoms with Crippen LogP contribution in [0.4, 0.5) is 4.39 Å². The molecule has 20 heavy (non-hydrogen) atoms. The van der Waals surface area contributed by atoms with Crippen LogP contribution in [0.3, 0.4) is 0 Å². The molecule has 0 saturated carbocycles. The van der Waals surface area contributed by atoms with E-state index in [2.05, 4.69) is 38.0 Å². The van der Waals surface area contributed by atoms with Crippen LogP contribution >= 0.6 is 24.0 Å². The van der Waals surface area contributed by atoms with Gasteiger partial charge < -0.3 is 11.1 Å². The van der Waals surface area contributed by atoms with E-state index in [-0.39, 0.29) is 35.2 Å². The monoisotopic (exact) mass is 393 g/mol. The van der Waals surface area contributed by atoms with Crippen LogP contribution in [0.15, 0.2) is 29.3 Å². The van der Waals surface area contributed by atoms with Crippen LogP contribution in [0, 0.1) is 11.7 Å². The Morgan fingerprint density at radius 3 is 2.35 bits per heavy atom. The fraction of sp³-hybridized carbons (Fsp3) is 0.533. The molecule has 0 aliphatic rings. The minimum absolute atomic E-state index is 0. The third kappa shape index (κ3) is 6.54. The van der Waals surface area contributed by atoms with Gasteiger partial charge in [0.2, 0.25) is 0 Å². The zero-order valence-corrected chi connectivity index (χ0v) is 14.9. The standard InChI is InChI=1S/C15H24FN3.HI/c1-11(2)9-18-14(17)19-10-15(3,4)12-5-7-13(16)8-6-12;/h5-8,11H,9-10H2,1-4H3,(H3,17,18,19);1H. The molecule has 0 bridgehead atoms. The zero-order valence-electron chi connectivity index (χ0n) is 12.6. The molecular weight excluding hydrogens is 368 g/mol. The maximum atomic E-state index is 12.9. The molecule has 1 aromatic rings. The lowest BCUT2D eigenvalue weighted by Crippen LogP contribution is -2.35. The second-order valence-electron chi connectivity index (χ2n) is 5.87. The van der Waals surface area contributed by atoms with Crippen LogP contribution in [-0.2, 0) is 5.41 Å². The molecule has 3 N–H and O–H groups in total. The largest absolute Gasteiger partial charge is 0.370 e. The number of aliphatic imine (C=N–C) groups is 1. The van der Waals surface area contributed by atoms with E-state index in [9.17, 15) is 4.39 Å². The van der Waals surface area contributed by atoms with Gasteiger partial charge in [0.15, 0.2) is 5.96 Å². The first-order valence-corrected chi connectivity index (χ1v) is 6.61. The molecule has 0 aromatic heterocycles. The maximum Gasteiger partial charge on any atom is 0.188 e. The minimum atomic E-state index is -0.221. The van der Waals surface area contributed by atoms with Gasteiger partial charge in [0.25, 0.3) is 0 Å². The van der Waals surface area contributed by atoms with Crippen molar-refractivity contribution in [2.24, 2.45) is 16.6 Å². The summed E-state index contributed by atoms with van der Waals surface area (Å²) >= 11 is 0. The van der Waals surface area contributed by atoms with Gasteiger partial charge in [0, 0.05) is 12.0 Å². The fourth-order valence-corrected chi connectivity index (χ4v) is 1.64. The molecule has 0 unspecified atom stereocenters. The second-order valence-corrected chi connectivity index (χ2v) is 5.87. The predicted octanol–water partition coefficient (Wildman–Crippen LogP) is 3.28. The number of halogens is 2. The Kier molecular flexibility index (Phi) is 8.08. The average molecular weight is 393 g/mol. The predicted molar refractivity (Wildman–Crippen MR) is 94.2 cm³/mol. The number of nitrogens with two attached hydrogens (primary N) is 1. The Morgan fingerprint density at radius 1 is 1.30 bits per heavy atom. The first-order valence-electron chi connectivity index (χ1n) is 6.61. The number of guanidine groups is 1. The maximum absolute atomic E-state index is 12.9. The molecule has 0 saturated heterocycles. The van der Waals surface area contributed by atoms with Crippen molar-refractivity contribution in [3.8, 4) is 0 Å². The molecule has 0 amide bonds. The van der Waals surface area contributed by atoms with Crippen LogP contribution in [0.1, 0.15) is 33.3 Å². The highest BCUT2D eigenvalue weighted by molar-refractivity contribution is 14.0. The zero-order chi connectivity index (χ0) is 14.5. The minimum Gasteiger partial charge on any atom is -0.370 e. The summed E-state index contributed by atoms with van der Waals surface area (Å²) in [5.41, 5.74) is 6.69. The van der Waals surface area contributed by atoms with E-state index >= 15 is 0 Å². The lowest BCUT2D eigenvalue weighted by Gasteiger charge is -2.23. The smallest absolute Gasteiger partial charge is 0.188 e. The molecule has 1 rings (SSSR count). The molecule has 0 atom stereocenters. The SMILES string of the molecule is CC(C)CNC(N)=NCC(C)(C)c1ccc(F)cc1.I. The molecule has 0 radical (unpaired) electrons. The van der Waals surface area contributed by atoms with Crippen LogP contribution in [0.2, 0.25) is 0 Å². The van der Waals surface area contributed by atoms with Crippen molar-refractivity contribution in [3.63, 3.8) is 0 Å². The van der Waals surface area contributed by atoms with Gasteiger partial charge >= 0.3 is 0 Å². The molecule has 1 aromatic carbocycles. The summed E-state index contributed by atoms with van der Waals surface area (Å²) in [5.74, 6) is 0.768. The molecule has 3 nitrogen and oxygen atoms in total. The first kappa shape index (κ1) is 19.1. The Hall–Kier alpha value is -0.850. The summed E-state index contributed by atoms with van der Waals surface area (Å²) in [6.45, 7) is 9.74. The molecule has 5 heteroatoms. The molecule has 0 fully saturated rings. The summed E-state index contributed by atoms with van der Waals surface area (Å²) in [5, 5.41) is 3.08. The number of nitrogens with one attached hydrogen (secondary N) is 1. The fourth-order valence-electron chi connectivity index (χ4n) is 1.64. The Morgan fingerprint density at radius 2 is 1.85 bits per heavy atom. The summed E-state index contributed by atoms with van der Waals surface area (Å²) in [6.07, 6.45) is 0. The van der Waals surface area contributed by atoms with E-state index in [4.69, 9.17) is 5.73 Å². The third-order valence-electron chi connectivity index (χ3n) is 2.96. The van der Waals surface area contributed by atoms with E-state index in [1.807, 2.05) is 0 Å². The van der Waals surface area contributed by atoms with Crippen molar-refractivity contribution < 1.29 is 4.39 Å². The van der Waals surface area contributed by atoms with E-state index in [1.54, 1.807) is 12.1 Å². The third-order valence-corrected chi connectivity index (χ3v) is 2.96. The van der Waals surface area contributed by atoms with Gasteiger partial charge in [-0.15, -0.1) is 24.0 Å². The lowest BCUT2D eigenvalue weighted by atomic mass is 9.85. The van der Waals surface area contributed by atoms with Gasteiger partial charge in [-0.3, -0.25) is 4.99 Å². The molecule has 114 valence electrons. The number of rotatable bonds is 5. The highest BCUT2D eigenvalue weighted by atomic mass is 127. The Labute approximate surface area is 138 Å². The normalized spacial score (nSPS) is 12.2. The molecule has 0 aliphatic carbocycles. The van der Waals surface area contributed by atoms with E-state index < -0.39 is 0 Å². The van der Waals surface area contributed by atoms with Crippen molar-refractivity contribution in [2.75, 3.05) is 13.1 Å². The van der Waals surface area contributed by atoms with Crippen LogP contribution < -0.4 is 11.1 Å². The van der Waals surface area contributed by atoms with Crippen LogP contribution in [0.5, 0.6) is 0 Å². The van der Waals surface area contributed by atoms with E-state index in [1.165, 1.54) is 12.1 Å². The first-order chi connectivity index (χ1) is 8.81. The second kappa shape index (κ2) is 8.44. The number of hydrogen-bond donors (Lipinski definition) is 2. The van der Waals surface area contributed by atoms with Gasteiger partial charge in [-0.05, 0) is 23.6 Å². The summed E-state index contributed by atoms with van der Waals surface area (Å²) in [4.78, 5) is 4.36. The van der Waals surface area contributed by atoms with Gasteiger partial charge in [0.05, 0.1) is 6.54 Å². The highest BCUT2D eigenvalue weighted by Crippen LogP contribution is 2.23. The van der Waals surface area contributed by atoms with Crippen molar-refractivity contribution in [1.29, 1.82) is 0 Å². The molecular formula is C15H25FIN3. The van der Waals surface area contributed by atoms with Crippen LogP contribution in [-0.4, -0.2) is 19.0 Å². The van der Waals surface area contributed by atoms with Crippen LogP contribution in [0.25, 0.3) is 0 Å². The molecule has 0 aliphatic heterocycles. The molecule has 0 spiro atoms. The van der Waals surface area contributed by atoms with E-state index in [0.717, 1.165) is 12.1 Å². The van der Waals surface area contributed by atoms with Gasteiger partial charge in [-0.25, -0.2) is 4.39 Å². The van der Waals surface area contributed by atoms with Gasteiger partial charge in [-0.2, -0.15) is 0 Å². The summed E-state index contributed by atoms with van der Waals surface area (Å²) < 4.78 is 12.9. The van der Waals surface area contributed by atoms with Crippen molar-refractivity contribution in [2.45, 2.75) is 33.1 Å². The summed E-state index contributed by atoms with van der Waals surface area (Å²) in [7, 11) is 0. The molecule has 0 heterocycles. The van der Waals surface area contributed by atoms with Gasteiger partial charge in [0.1, 0.15) is 5.82 Å². The summed E-state index contributed by atoms with van der Waals surface area (Å²) in [6, 6.07) is 6.54. The average Bonchev–Trinajstić information content (AvgIpc) is 2.34. The Bertz CT molecular complexity index is 427. The van der Waals surface area contributed by atoms with Crippen molar-refractivity contribution in [3.05, 3.63) is 35.6 Å². The number of nitrogens with zero attached hydrogens (tertiary/aromatic N) is 1. The van der Waals surface area contributed by atoms with E-state index in [0.29, 0.717) is 18.4 Å². The highest BCUT2D eigenvalue weighted by Gasteiger charge is 2.20. The number of benzene rings is 1.